The minimum absolute atomic E-state index is 0.0267. The van der Waals surface area contributed by atoms with Crippen molar-refractivity contribution in [1.82, 2.24) is 9.88 Å². The molecule has 0 fully saturated rings. The molecule has 0 aliphatic rings. The zero-order valence-corrected chi connectivity index (χ0v) is 17.8. The van der Waals surface area contributed by atoms with Gasteiger partial charge in [0.15, 0.2) is 5.13 Å². The summed E-state index contributed by atoms with van der Waals surface area (Å²) in [6, 6.07) is 14.8. The number of para-hydroxylation sites is 1. The third kappa shape index (κ3) is 4.13. The van der Waals surface area contributed by atoms with E-state index in [0.29, 0.717) is 10.2 Å². The van der Waals surface area contributed by atoms with E-state index in [-0.39, 0.29) is 5.91 Å². The highest BCUT2D eigenvalue weighted by Crippen LogP contribution is 2.37. The number of likely N-dealkylation sites (N-methyl/N-ethyl adjacent to an activating group) is 1. The maximum Gasteiger partial charge on any atom is 0.244 e. The van der Waals surface area contributed by atoms with Gasteiger partial charge in [-0.15, -0.1) is 11.3 Å². The molecule has 3 rings (SSSR count). The summed E-state index contributed by atoms with van der Waals surface area (Å²) in [7, 11) is 5.13. The van der Waals surface area contributed by atoms with Crippen molar-refractivity contribution in [2.24, 2.45) is 0 Å². The van der Waals surface area contributed by atoms with E-state index in [0.717, 1.165) is 22.7 Å². The summed E-state index contributed by atoms with van der Waals surface area (Å²) >= 11 is 7.93. The van der Waals surface area contributed by atoms with Crippen LogP contribution in [-0.2, 0) is 4.79 Å². The van der Waals surface area contributed by atoms with Crippen molar-refractivity contribution < 1.29 is 9.53 Å². The van der Waals surface area contributed by atoms with Crippen molar-refractivity contribution in [3.8, 4) is 17.0 Å². The van der Waals surface area contributed by atoms with Gasteiger partial charge >= 0.3 is 0 Å². The summed E-state index contributed by atoms with van der Waals surface area (Å²) in [5.41, 5.74) is 2.57. The molecule has 1 amide bonds. The Morgan fingerprint density at radius 3 is 2.43 bits per heavy atom. The molecule has 146 valence electrons. The monoisotopic (exact) mass is 415 g/mol. The van der Waals surface area contributed by atoms with E-state index < -0.39 is 6.04 Å². The molecule has 7 heteroatoms. The predicted molar refractivity (Wildman–Crippen MR) is 116 cm³/mol. The van der Waals surface area contributed by atoms with Crippen LogP contribution in [0.1, 0.15) is 6.92 Å². The van der Waals surface area contributed by atoms with Gasteiger partial charge in [0.1, 0.15) is 11.8 Å². The molecule has 0 N–H and O–H groups in total. The quantitative estimate of drug-likeness (QED) is 0.562. The van der Waals surface area contributed by atoms with E-state index in [4.69, 9.17) is 21.3 Å². The third-order valence-corrected chi connectivity index (χ3v) is 5.54. The summed E-state index contributed by atoms with van der Waals surface area (Å²) in [6.45, 7) is 1.86. The minimum atomic E-state index is -0.454. The van der Waals surface area contributed by atoms with Gasteiger partial charge in [0.05, 0.1) is 23.5 Å². The van der Waals surface area contributed by atoms with Gasteiger partial charge in [0.2, 0.25) is 5.91 Å². The fourth-order valence-electron chi connectivity index (χ4n) is 2.88. The van der Waals surface area contributed by atoms with E-state index in [1.807, 2.05) is 65.7 Å². The number of benzene rings is 2. The number of hydrogen-bond acceptors (Lipinski definition) is 5. The van der Waals surface area contributed by atoms with Crippen molar-refractivity contribution in [3.63, 3.8) is 0 Å². The first-order valence-electron chi connectivity index (χ1n) is 8.77. The van der Waals surface area contributed by atoms with Crippen molar-refractivity contribution in [3.05, 3.63) is 58.9 Å². The van der Waals surface area contributed by atoms with Crippen molar-refractivity contribution in [1.29, 1.82) is 0 Å². The van der Waals surface area contributed by atoms with Gasteiger partial charge in [-0.3, -0.25) is 4.79 Å². The molecule has 1 aromatic heterocycles. The molecular weight excluding hydrogens is 394 g/mol. The van der Waals surface area contributed by atoms with E-state index in [2.05, 4.69) is 0 Å². The number of methoxy groups -OCH3 is 1. The maximum absolute atomic E-state index is 12.7. The van der Waals surface area contributed by atoms with E-state index >= 15 is 0 Å². The molecule has 28 heavy (non-hydrogen) atoms. The van der Waals surface area contributed by atoms with Crippen LogP contribution in [0.25, 0.3) is 11.3 Å². The van der Waals surface area contributed by atoms with Crippen molar-refractivity contribution in [2.75, 3.05) is 26.1 Å². The van der Waals surface area contributed by atoms with Crippen LogP contribution in [0.2, 0.25) is 5.02 Å². The lowest BCUT2D eigenvalue weighted by molar-refractivity contribution is -0.129. The van der Waals surface area contributed by atoms with Crippen molar-refractivity contribution >= 4 is 39.7 Å². The minimum Gasteiger partial charge on any atom is -0.497 e. The number of nitrogens with zero attached hydrogens (tertiary/aromatic N) is 3. The van der Waals surface area contributed by atoms with Gasteiger partial charge in [0, 0.05) is 25.0 Å². The largest absolute Gasteiger partial charge is 0.497 e. The number of thiazole rings is 1. The first-order valence-corrected chi connectivity index (χ1v) is 10.0. The van der Waals surface area contributed by atoms with Crippen LogP contribution in [-0.4, -0.2) is 43.0 Å². The standard InChI is InChI=1S/C21H22ClN3O2S/c1-14(20(26)24(2)3)25(19-8-6-5-7-17(19)22)21-23-18(13-28-21)15-9-11-16(27-4)12-10-15/h5-14H,1-4H3/t14-/m0/s1. The highest BCUT2D eigenvalue weighted by atomic mass is 35.5. The Morgan fingerprint density at radius 1 is 1.14 bits per heavy atom. The molecule has 0 aliphatic heterocycles. The van der Waals surface area contributed by atoms with Crippen LogP contribution in [0.3, 0.4) is 0 Å². The molecule has 5 nitrogen and oxygen atoms in total. The fourth-order valence-corrected chi connectivity index (χ4v) is 4.03. The summed E-state index contributed by atoms with van der Waals surface area (Å²) in [4.78, 5) is 21.0. The van der Waals surface area contributed by atoms with E-state index in [1.165, 1.54) is 11.3 Å². The average molecular weight is 416 g/mol. The number of carbonyl (C=O) groups excluding carboxylic acids is 1. The lowest BCUT2D eigenvalue weighted by Crippen LogP contribution is -2.42. The number of ether oxygens (including phenoxy) is 1. The van der Waals surface area contributed by atoms with Crippen LogP contribution in [0.5, 0.6) is 5.75 Å². The van der Waals surface area contributed by atoms with Gasteiger partial charge in [-0.25, -0.2) is 4.98 Å². The Morgan fingerprint density at radius 2 is 1.82 bits per heavy atom. The van der Waals surface area contributed by atoms with Crippen LogP contribution < -0.4 is 9.64 Å². The Labute approximate surface area is 174 Å². The lowest BCUT2D eigenvalue weighted by atomic mass is 10.2. The Kier molecular flexibility index (Phi) is 6.21. The number of halogens is 1. The number of anilines is 2. The number of rotatable bonds is 6. The zero-order valence-electron chi connectivity index (χ0n) is 16.2. The number of aromatic nitrogens is 1. The second-order valence-corrected chi connectivity index (χ2v) is 7.72. The summed E-state index contributed by atoms with van der Waals surface area (Å²) in [6.07, 6.45) is 0. The van der Waals surface area contributed by atoms with E-state index in [1.54, 1.807) is 26.1 Å². The molecule has 2 aromatic carbocycles. The molecule has 0 spiro atoms. The fraction of sp³-hybridized carbons (Fsp3) is 0.238. The molecule has 0 saturated heterocycles. The molecule has 0 aliphatic carbocycles. The van der Waals surface area contributed by atoms with Gasteiger partial charge in [-0.1, -0.05) is 23.7 Å². The predicted octanol–water partition coefficient (Wildman–Crippen LogP) is 5.09. The number of carbonyl (C=O) groups is 1. The van der Waals surface area contributed by atoms with Gasteiger partial charge in [-0.2, -0.15) is 0 Å². The lowest BCUT2D eigenvalue weighted by Gasteiger charge is -2.30. The molecule has 0 radical (unpaired) electrons. The number of amides is 1. The first kappa shape index (κ1) is 20.2. The summed E-state index contributed by atoms with van der Waals surface area (Å²) < 4.78 is 5.22. The maximum atomic E-state index is 12.7. The highest BCUT2D eigenvalue weighted by molar-refractivity contribution is 7.14. The molecule has 0 unspecified atom stereocenters. The normalized spacial score (nSPS) is 11.8. The second kappa shape index (κ2) is 8.63. The Hall–Kier alpha value is -2.57. The average Bonchev–Trinajstić information content (AvgIpc) is 3.18. The van der Waals surface area contributed by atoms with Gasteiger partial charge < -0.3 is 14.5 Å². The summed E-state index contributed by atoms with van der Waals surface area (Å²) in [5.74, 6) is 0.767. The smallest absolute Gasteiger partial charge is 0.244 e. The van der Waals surface area contributed by atoms with Crippen molar-refractivity contribution in [2.45, 2.75) is 13.0 Å². The number of hydrogen-bond donors (Lipinski definition) is 0. The molecule has 0 bridgehead atoms. The topological polar surface area (TPSA) is 45.7 Å². The first-order chi connectivity index (χ1) is 13.4. The van der Waals surface area contributed by atoms with E-state index in [9.17, 15) is 4.79 Å². The molecule has 1 heterocycles. The summed E-state index contributed by atoms with van der Waals surface area (Å²) in [5, 5.41) is 3.26. The Bertz CT molecular complexity index is 956. The highest BCUT2D eigenvalue weighted by Gasteiger charge is 2.28. The van der Waals surface area contributed by atoms with Gasteiger partial charge in [0.25, 0.3) is 0 Å². The van der Waals surface area contributed by atoms with Gasteiger partial charge in [-0.05, 0) is 43.3 Å². The van der Waals surface area contributed by atoms with Crippen LogP contribution in [0.15, 0.2) is 53.9 Å². The second-order valence-electron chi connectivity index (χ2n) is 6.47. The Balaban J connectivity index is 2.02. The third-order valence-electron chi connectivity index (χ3n) is 4.38. The SMILES string of the molecule is COc1ccc(-c2csc(N(c3ccccc3Cl)[C@@H](C)C(=O)N(C)C)n2)cc1. The molecule has 1 atom stereocenters. The molecule has 0 saturated carbocycles. The molecular formula is C21H22ClN3O2S. The zero-order chi connectivity index (χ0) is 20.3. The van der Waals surface area contributed by atoms with Crippen LogP contribution >= 0.6 is 22.9 Å². The molecule has 3 aromatic rings. The van der Waals surface area contributed by atoms with Crippen LogP contribution in [0, 0.1) is 0 Å². The van der Waals surface area contributed by atoms with Crippen LogP contribution in [0.4, 0.5) is 10.8 Å².